The van der Waals surface area contributed by atoms with Crippen LogP contribution in [0.4, 0.5) is 0 Å². The summed E-state index contributed by atoms with van der Waals surface area (Å²) in [6.07, 6.45) is 6.82. The van der Waals surface area contributed by atoms with Gasteiger partial charge >= 0.3 is 0 Å². The third-order valence-electron chi connectivity index (χ3n) is 0.705. The van der Waals surface area contributed by atoms with E-state index in [1.54, 1.807) is 0 Å². The molecule has 0 bridgehead atoms. The molecule has 0 saturated heterocycles. The number of rotatable bonds is 3. The zero-order valence-corrected chi connectivity index (χ0v) is 5.35. The molecular formula is C8H12. The number of hydrogen-bond acceptors (Lipinski definition) is 0. The summed E-state index contributed by atoms with van der Waals surface area (Å²) in [6.45, 7) is 9.25. The van der Waals surface area contributed by atoms with Gasteiger partial charge in [0, 0.05) is 0 Å². The molecule has 0 amide bonds. The van der Waals surface area contributed by atoms with Crippen LogP contribution in [0.25, 0.3) is 0 Å². The van der Waals surface area contributed by atoms with Crippen LogP contribution in [0.1, 0.15) is 13.3 Å². The molecule has 0 nitrogen and oxygen atoms in total. The van der Waals surface area contributed by atoms with Gasteiger partial charge in [0.2, 0.25) is 0 Å². The van der Waals surface area contributed by atoms with Crippen LogP contribution in [0.5, 0.6) is 0 Å². The van der Waals surface area contributed by atoms with Crippen LogP contribution in [0.2, 0.25) is 0 Å². The van der Waals surface area contributed by atoms with E-state index in [1.807, 2.05) is 25.2 Å². The summed E-state index contributed by atoms with van der Waals surface area (Å²) in [4.78, 5) is 0. The van der Waals surface area contributed by atoms with Gasteiger partial charge in [0.15, 0.2) is 0 Å². The van der Waals surface area contributed by atoms with E-state index in [4.69, 9.17) is 0 Å². The van der Waals surface area contributed by atoms with Gasteiger partial charge in [-0.05, 0) is 13.3 Å². The summed E-state index contributed by atoms with van der Waals surface area (Å²) in [5.41, 5.74) is 1.09. The molecule has 0 radical (unpaired) electrons. The van der Waals surface area contributed by atoms with E-state index >= 15 is 0 Å². The Labute approximate surface area is 51.2 Å². The van der Waals surface area contributed by atoms with E-state index in [0.717, 1.165) is 12.0 Å². The van der Waals surface area contributed by atoms with Gasteiger partial charge in [0.25, 0.3) is 0 Å². The highest BCUT2D eigenvalue weighted by atomic mass is 13.8. The second-order valence-corrected chi connectivity index (χ2v) is 1.77. The molecule has 0 aliphatic rings. The van der Waals surface area contributed by atoms with Crippen molar-refractivity contribution in [3.05, 3.63) is 37.0 Å². The Hall–Kier alpha value is -0.780. The smallest absolute Gasteiger partial charge is 0.0169 e. The fourth-order valence-electron chi connectivity index (χ4n) is 0.365. The SMILES string of the molecule is C=CCC=CC(=C)C. The van der Waals surface area contributed by atoms with E-state index in [-0.39, 0.29) is 0 Å². The average molecular weight is 108 g/mol. The summed E-state index contributed by atoms with van der Waals surface area (Å²) in [5, 5.41) is 0. The molecule has 0 fully saturated rings. The molecule has 0 aromatic rings. The molecule has 0 N–H and O–H groups in total. The van der Waals surface area contributed by atoms with E-state index in [0.29, 0.717) is 0 Å². The monoisotopic (exact) mass is 108 g/mol. The van der Waals surface area contributed by atoms with Crippen molar-refractivity contribution in [3.8, 4) is 0 Å². The minimum atomic E-state index is 0.937. The first kappa shape index (κ1) is 7.22. The quantitative estimate of drug-likeness (QED) is 0.385. The molecule has 0 aromatic heterocycles. The Balaban J connectivity index is 3.34. The highest BCUT2D eigenvalue weighted by Crippen LogP contribution is 1.90. The maximum atomic E-state index is 3.71. The largest absolute Gasteiger partial charge is 0.103 e. The van der Waals surface area contributed by atoms with E-state index in [9.17, 15) is 0 Å². The lowest BCUT2D eigenvalue weighted by molar-refractivity contribution is 1.38. The first-order valence-corrected chi connectivity index (χ1v) is 2.70. The molecular weight excluding hydrogens is 96.1 g/mol. The Morgan fingerprint density at radius 3 is 2.62 bits per heavy atom. The summed E-state index contributed by atoms with van der Waals surface area (Å²) < 4.78 is 0. The fraction of sp³-hybridized carbons (Fsp3) is 0.250. The third-order valence-corrected chi connectivity index (χ3v) is 0.705. The van der Waals surface area contributed by atoms with E-state index in [1.165, 1.54) is 0 Å². The van der Waals surface area contributed by atoms with Crippen LogP contribution in [0.3, 0.4) is 0 Å². The van der Waals surface area contributed by atoms with E-state index < -0.39 is 0 Å². The summed E-state index contributed by atoms with van der Waals surface area (Å²) in [5.74, 6) is 0. The van der Waals surface area contributed by atoms with Crippen molar-refractivity contribution >= 4 is 0 Å². The van der Waals surface area contributed by atoms with Crippen LogP contribution in [-0.4, -0.2) is 0 Å². The van der Waals surface area contributed by atoms with Gasteiger partial charge in [0.05, 0.1) is 0 Å². The second kappa shape index (κ2) is 4.38. The molecule has 8 heavy (non-hydrogen) atoms. The van der Waals surface area contributed by atoms with Crippen LogP contribution < -0.4 is 0 Å². The van der Waals surface area contributed by atoms with E-state index in [2.05, 4.69) is 13.2 Å². The lowest BCUT2D eigenvalue weighted by atomic mass is 10.3. The van der Waals surface area contributed by atoms with Gasteiger partial charge in [-0.2, -0.15) is 0 Å². The zero-order chi connectivity index (χ0) is 6.41. The Morgan fingerprint density at radius 1 is 1.62 bits per heavy atom. The van der Waals surface area contributed by atoms with Crippen molar-refractivity contribution < 1.29 is 0 Å². The number of allylic oxidation sites excluding steroid dienone is 4. The fourth-order valence-corrected chi connectivity index (χ4v) is 0.365. The minimum Gasteiger partial charge on any atom is -0.103 e. The Bertz CT molecular complexity index is 107. The molecule has 0 heterocycles. The van der Waals surface area contributed by atoms with Gasteiger partial charge in [-0.3, -0.25) is 0 Å². The lowest BCUT2D eigenvalue weighted by Gasteiger charge is -1.81. The number of hydrogen-bond donors (Lipinski definition) is 0. The minimum absolute atomic E-state index is 0.937. The molecule has 44 valence electrons. The predicted octanol–water partition coefficient (Wildman–Crippen LogP) is 2.69. The standard InChI is InChI=1S/C8H12/c1-4-5-6-7-8(2)3/h4,6-7H,1-2,5H2,3H3. The van der Waals surface area contributed by atoms with Crippen molar-refractivity contribution in [1.82, 2.24) is 0 Å². The van der Waals surface area contributed by atoms with Gasteiger partial charge < -0.3 is 0 Å². The average Bonchev–Trinajstić information content (AvgIpc) is 1.66. The lowest BCUT2D eigenvalue weighted by Crippen LogP contribution is -1.59. The van der Waals surface area contributed by atoms with Crippen LogP contribution in [-0.2, 0) is 0 Å². The maximum Gasteiger partial charge on any atom is -0.0169 e. The van der Waals surface area contributed by atoms with Crippen molar-refractivity contribution in [2.75, 3.05) is 0 Å². The highest BCUT2D eigenvalue weighted by molar-refractivity contribution is 5.11. The van der Waals surface area contributed by atoms with Crippen LogP contribution in [0, 0.1) is 0 Å². The van der Waals surface area contributed by atoms with Crippen LogP contribution >= 0.6 is 0 Å². The molecule has 0 rings (SSSR count). The molecule has 0 aliphatic heterocycles. The maximum absolute atomic E-state index is 3.71. The van der Waals surface area contributed by atoms with Gasteiger partial charge in [-0.1, -0.05) is 30.4 Å². The molecule has 0 saturated carbocycles. The summed E-state index contributed by atoms with van der Waals surface area (Å²) in [7, 11) is 0. The summed E-state index contributed by atoms with van der Waals surface area (Å²) in [6, 6.07) is 0. The van der Waals surface area contributed by atoms with Crippen molar-refractivity contribution in [2.45, 2.75) is 13.3 Å². The first-order valence-electron chi connectivity index (χ1n) is 2.70. The summed E-state index contributed by atoms with van der Waals surface area (Å²) >= 11 is 0. The molecule has 0 aromatic carbocycles. The molecule has 0 unspecified atom stereocenters. The van der Waals surface area contributed by atoms with Crippen molar-refractivity contribution in [2.24, 2.45) is 0 Å². The third kappa shape index (κ3) is 5.22. The zero-order valence-electron chi connectivity index (χ0n) is 5.35. The van der Waals surface area contributed by atoms with Crippen molar-refractivity contribution in [1.29, 1.82) is 0 Å². The Morgan fingerprint density at radius 2 is 2.25 bits per heavy atom. The van der Waals surface area contributed by atoms with Gasteiger partial charge in [-0.25, -0.2) is 0 Å². The van der Waals surface area contributed by atoms with Gasteiger partial charge in [-0.15, -0.1) is 6.58 Å². The second-order valence-electron chi connectivity index (χ2n) is 1.77. The Kier molecular flexibility index (Phi) is 3.95. The molecule has 0 spiro atoms. The van der Waals surface area contributed by atoms with Gasteiger partial charge in [0.1, 0.15) is 0 Å². The first-order chi connectivity index (χ1) is 3.77. The normalized spacial score (nSPS) is 9.62. The topological polar surface area (TPSA) is 0 Å². The van der Waals surface area contributed by atoms with Crippen molar-refractivity contribution in [3.63, 3.8) is 0 Å². The van der Waals surface area contributed by atoms with Crippen LogP contribution in [0.15, 0.2) is 37.0 Å². The molecule has 0 atom stereocenters. The highest BCUT2D eigenvalue weighted by Gasteiger charge is 1.69. The predicted molar refractivity (Wildman–Crippen MR) is 38.8 cm³/mol. The molecule has 0 heteroatoms. The molecule has 0 aliphatic carbocycles.